The van der Waals surface area contributed by atoms with Crippen LogP contribution in [-0.4, -0.2) is 24.7 Å². The van der Waals surface area contributed by atoms with Crippen LogP contribution in [0.25, 0.3) is 5.95 Å². The number of nitrogens with two attached hydrogens (primary N) is 1. The van der Waals surface area contributed by atoms with Gasteiger partial charge in [0.1, 0.15) is 0 Å². The zero-order chi connectivity index (χ0) is 14.7. The second-order valence-electron chi connectivity index (χ2n) is 4.40. The molecule has 1 aromatic carbocycles. The number of hydrogen-bond acceptors (Lipinski definition) is 6. The maximum atomic E-state index is 5.75. The summed E-state index contributed by atoms with van der Waals surface area (Å²) in [6.45, 7) is 2.09. The molecule has 0 aliphatic rings. The van der Waals surface area contributed by atoms with Gasteiger partial charge in [-0.25, -0.2) is 4.68 Å². The molecule has 0 aliphatic carbocycles. The van der Waals surface area contributed by atoms with Gasteiger partial charge in [-0.15, -0.1) is 0 Å². The first-order chi connectivity index (χ1) is 10.3. The third-order valence-electron chi connectivity index (χ3n) is 2.99. The fourth-order valence-corrected chi connectivity index (χ4v) is 2.00. The molecule has 0 spiro atoms. The van der Waals surface area contributed by atoms with Crippen molar-refractivity contribution < 1.29 is 0 Å². The lowest BCUT2D eigenvalue weighted by Crippen LogP contribution is -2.10. The Labute approximate surface area is 121 Å². The van der Waals surface area contributed by atoms with Gasteiger partial charge in [0.2, 0.25) is 11.9 Å². The maximum absolute atomic E-state index is 5.75. The van der Waals surface area contributed by atoms with Crippen molar-refractivity contribution in [2.75, 3.05) is 11.1 Å². The van der Waals surface area contributed by atoms with Gasteiger partial charge < -0.3 is 11.1 Å². The minimum atomic E-state index is 0.145. The number of rotatable bonds is 4. The molecule has 106 valence electrons. The third kappa shape index (κ3) is 2.81. The molecule has 2 aromatic heterocycles. The molecule has 21 heavy (non-hydrogen) atoms. The van der Waals surface area contributed by atoms with E-state index in [4.69, 9.17) is 5.73 Å². The highest BCUT2D eigenvalue weighted by atomic mass is 15.4. The lowest BCUT2D eigenvalue weighted by molar-refractivity contribution is 0.801. The predicted molar refractivity (Wildman–Crippen MR) is 80.5 cm³/mol. The fraction of sp³-hybridized carbons (Fsp3) is 0.143. The quantitative estimate of drug-likeness (QED) is 0.759. The maximum Gasteiger partial charge on any atom is 0.257 e. The van der Waals surface area contributed by atoms with Crippen molar-refractivity contribution in [3.8, 4) is 5.95 Å². The van der Waals surface area contributed by atoms with E-state index in [1.54, 1.807) is 18.5 Å². The minimum Gasteiger partial charge on any atom is -0.368 e. The first-order valence-electron chi connectivity index (χ1n) is 6.62. The molecule has 3 rings (SSSR count). The van der Waals surface area contributed by atoms with Crippen LogP contribution in [0.1, 0.15) is 12.5 Å². The van der Waals surface area contributed by atoms with Gasteiger partial charge in [0.15, 0.2) is 0 Å². The number of nitrogen functional groups attached to an aromatic ring is 1. The van der Waals surface area contributed by atoms with Gasteiger partial charge in [-0.2, -0.15) is 20.1 Å². The van der Waals surface area contributed by atoms with Gasteiger partial charge in [0, 0.05) is 18.1 Å². The lowest BCUT2D eigenvalue weighted by atomic mass is 10.1. The summed E-state index contributed by atoms with van der Waals surface area (Å²) in [6.07, 6.45) is 4.31. The van der Waals surface area contributed by atoms with E-state index in [0.29, 0.717) is 11.9 Å². The summed E-state index contributed by atoms with van der Waals surface area (Å²) in [6, 6.07) is 9.79. The van der Waals surface area contributed by atoms with E-state index in [1.165, 1.54) is 10.2 Å². The zero-order valence-corrected chi connectivity index (χ0v) is 11.6. The first kappa shape index (κ1) is 13.0. The third-order valence-corrected chi connectivity index (χ3v) is 2.99. The highest BCUT2D eigenvalue weighted by molar-refractivity contribution is 5.59. The van der Waals surface area contributed by atoms with Crippen molar-refractivity contribution in [3.63, 3.8) is 0 Å². The Balaban J connectivity index is 1.96. The van der Waals surface area contributed by atoms with Gasteiger partial charge in [0.05, 0.1) is 0 Å². The summed E-state index contributed by atoms with van der Waals surface area (Å²) in [5.41, 5.74) is 7.88. The number of para-hydroxylation sites is 1. The van der Waals surface area contributed by atoms with Crippen molar-refractivity contribution in [3.05, 3.63) is 48.3 Å². The van der Waals surface area contributed by atoms with E-state index in [9.17, 15) is 0 Å². The molecule has 0 atom stereocenters. The molecule has 0 saturated heterocycles. The number of hydrogen-bond donors (Lipinski definition) is 2. The number of nitrogens with one attached hydrogen (secondary N) is 1. The number of nitrogens with zero attached hydrogens (tertiary/aromatic N) is 5. The average molecular weight is 281 g/mol. The van der Waals surface area contributed by atoms with Crippen LogP contribution >= 0.6 is 0 Å². The lowest BCUT2D eigenvalue weighted by Gasteiger charge is -2.10. The van der Waals surface area contributed by atoms with Crippen LogP contribution < -0.4 is 11.1 Å². The zero-order valence-electron chi connectivity index (χ0n) is 11.6. The molecular weight excluding hydrogens is 266 g/mol. The SMILES string of the molecule is CCc1ccccc1Nc1nc(N)nc(-n2cccn2)n1. The molecule has 2 heterocycles. The highest BCUT2D eigenvalue weighted by Crippen LogP contribution is 2.19. The number of aromatic nitrogens is 5. The van der Waals surface area contributed by atoms with E-state index in [0.717, 1.165) is 12.1 Å². The fourth-order valence-electron chi connectivity index (χ4n) is 2.00. The Morgan fingerprint density at radius 1 is 1.14 bits per heavy atom. The molecule has 0 unspecified atom stereocenters. The van der Waals surface area contributed by atoms with Crippen LogP contribution in [0.4, 0.5) is 17.6 Å². The molecule has 0 amide bonds. The Kier molecular flexibility index (Phi) is 3.46. The van der Waals surface area contributed by atoms with Gasteiger partial charge in [-0.3, -0.25) is 0 Å². The van der Waals surface area contributed by atoms with Gasteiger partial charge in [0.25, 0.3) is 5.95 Å². The van der Waals surface area contributed by atoms with Crippen molar-refractivity contribution >= 4 is 17.6 Å². The Morgan fingerprint density at radius 3 is 2.76 bits per heavy atom. The van der Waals surface area contributed by atoms with Crippen molar-refractivity contribution in [2.24, 2.45) is 0 Å². The van der Waals surface area contributed by atoms with E-state index >= 15 is 0 Å². The van der Waals surface area contributed by atoms with Crippen LogP contribution in [0, 0.1) is 0 Å². The van der Waals surface area contributed by atoms with Gasteiger partial charge in [-0.05, 0) is 24.1 Å². The minimum absolute atomic E-state index is 0.145. The molecule has 0 aliphatic heterocycles. The number of anilines is 3. The van der Waals surface area contributed by atoms with Crippen LogP contribution in [0.2, 0.25) is 0 Å². The van der Waals surface area contributed by atoms with Crippen molar-refractivity contribution in [1.29, 1.82) is 0 Å². The highest BCUT2D eigenvalue weighted by Gasteiger charge is 2.08. The van der Waals surface area contributed by atoms with Crippen LogP contribution in [0.15, 0.2) is 42.7 Å². The Bertz CT molecular complexity index is 737. The van der Waals surface area contributed by atoms with E-state index in [2.05, 4.69) is 38.4 Å². The standard InChI is InChI=1S/C14H15N7/c1-2-10-6-3-4-7-11(10)17-13-18-12(15)19-14(20-13)21-9-5-8-16-21/h3-9H,2H2,1H3,(H3,15,17,18,19,20). The molecular formula is C14H15N7. The van der Waals surface area contributed by atoms with Crippen LogP contribution in [-0.2, 0) is 6.42 Å². The van der Waals surface area contributed by atoms with Gasteiger partial charge >= 0.3 is 0 Å². The molecule has 7 nitrogen and oxygen atoms in total. The van der Waals surface area contributed by atoms with Gasteiger partial charge in [-0.1, -0.05) is 25.1 Å². The summed E-state index contributed by atoms with van der Waals surface area (Å²) < 4.78 is 1.54. The normalized spacial score (nSPS) is 10.5. The van der Waals surface area contributed by atoms with Crippen LogP contribution in [0.3, 0.4) is 0 Å². The topological polar surface area (TPSA) is 94.5 Å². The van der Waals surface area contributed by atoms with E-state index in [1.807, 2.05) is 18.2 Å². The second-order valence-corrected chi connectivity index (χ2v) is 4.40. The summed E-state index contributed by atoms with van der Waals surface area (Å²) >= 11 is 0. The summed E-state index contributed by atoms with van der Waals surface area (Å²) in [7, 11) is 0. The summed E-state index contributed by atoms with van der Waals surface area (Å²) in [4.78, 5) is 12.5. The predicted octanol–water partition coefficient (Wildman–Crippen LogP) is 1.95. The first-order valence-corrected chi connectivity index (χ1v) is 6.62. The second kappa shape index (κ2) is 5.58. The number of aryl methyl sites for hydroxylation is 1. The molecule has 3 N–H and O–H groups in total. The van der Waals surface area contributed by atoms with E-state index < -0.39 is 0 Å². The Morgan fingerprint density at radius 2 is 2.00 bits per heavy atom. The molecule has 3 aromatic rings. The summed E-state index contributed by atoms with van der Waals surface area (Å²) in [5, 5.41) is 7.27. The molecule has 0 radical (unpaired) electrons. The Hall–Kier alpha value is -2.96. The van der Waals surface area contributed by atoms with Crippen molar-refractivity contribution in [1.82, 2.24) is 24.7 Å². The average Bonchev–Trinajstić information content (AvgIpc) is 3.01. The summed E-state index contributed by atoms with van der Waals surface area (Å²) in [5.74, 6) is 0.921. The monoisotopic (exact) mass is 281 g/mol. The molecule has 7 heteroatoms. The number of benzene rings is 1. The molecule has 0 fully saturated rings. The molecule has 0 saturated carbocycles. The molecule has 0 bridgehead atoms. The van der Waals surface area contributed by atoms with Crippen LogP contribution in [0.5, 0.6) is 0 Å². The smallest absolute Gasteiger partial charge is 0.257 e. The van der Waals surface area contributed by atoms with E-state index in [-0.39, 0.29) is 5.95 Å². The largest absolute Gasteiger partial charge is 0.368 e. The van der Waals surface area contributed by atoms with Crippen molar-refractivity contribution in [2.45, 2.75) is 13.3 Å².